The smallest absolute Gasteiger partial charge is 0.181 e. The predicted octanol–water partition coefficient (Wildman–Crippen LogP) is 2.41. The molecular formula is C15H15NO2. The van der Waals surface area contributed by atoms with Gasteiger partial charge in [-0.05, 0) is 18.1 Å². The van der Waals surface area contributed by atoms with Gasteiger partial charge in [0.05, 0.1) is 6.61 Å². The second kappa shape index (κ2) is 4.69. The van der Waals surface area contributed by atoms with Crippen molar-refractivity contribution in [3.05, 3.63) is 64.6 Å². The van der Waals surface area contributed by atoms with E-state index in [2.05, 4.69) is 10.6 Å². The number of hydrogen-bond acceptors (Lipinski definition) is 2. The van der Waals surface area contributed by atoms with Gasteiger partial charge >= 0.3 is 0 Å². The number of benzene rings is 1. The van der Waals surface area contributed by atoms with Gasteiger partial charge in [-0.3, -0.25) is 4.79 Å². The summed E-state index contributed by atoms with van der Waals surface area (Å²) in [6.45, 7) is 1.66. The standard InChI is InChI=1S/C15H15NO2/c17-13-5-8-16(9-6-13)11-12-7-10-18-15-4-2-1-3-14(12)15/h1-6,8-9,12H,7,10-11H2. The zero-order chi connectivity index (χ0) is 12.4. The van der Waals surface area contributed by atoms with Gasteiger partial charge in [-0.1, -0.05) is 18.2 Å². The third-order valence-corrected chi connectivity index (χ3v) is 3.37. The van der Waals surface area contributed by atoms with Gasteiger partial charge in [-0.2, -0.15) is 0 Å². The quantitative estimate of drug-likeness (QED) is 0.808. The summed E-state index contributed by atoms with van der Waals surface area (Å²) in [5.41, 5.74) is 1.32. The fraction of sp³-hybridized carbons (Fsp3) is 0.267. The summed E-state index contributed by atoms with van der Waals surface area (Å²) in [5, 5.41) is 0. The van der Waals surface area contributed by atoms with Crippen molar-refractivity contribution >= 4 is 0 Å². The summed E-state index contributed by atoms with van der Waals surface area (Å²) in [6.07, 6.45) is 4.71. The molecule has 2 heterocycles. The fourth-order valence-corrected chi connectivity index (χ4v) is 2.43. The number of fused-ring (bicyclic) bond motifs is 1. The van der Waals surface area contributed by atoms with Crippen LogP contribution in [0.2, 0.25) is 0 Å². The molecule has 1 aliphatic rings. The number of nitrogens with zero attached hydrogens (tertiary/aromatic N) is 1. The minimum absolute atomic E-state index is 0.0543. The second-order valence-corrected chi connectivity index (χ2v) is 4.60. The second-order valence-electron chi connectivity index (χ2n) is 4.60. The Balaban J connectivity index is 1.86. The van der Waals surface area contributed by atoms with Crippen molar-refractivity contribution in [2.24, 2.45) is 0 Å². The lowest BCUT2D eigenvalue weighted by Crippen LogP contribution is -2.19. The molecule has 1 aliphatic heterocycles. The molecule has 0 fully saturated rings. The third-order valence-electron chi connectivity index (χ3n) is 3.37. The highest BCUT2D eigenvalue weighted by Gasteiger charge is 2.20. The monoisotopic (exact) mass is 241 g/mol. The van der Waals surface area contributed by atoms with Crippen molar-refractivity contribution in [1.82, 2.24) is 4.57 Å². The Morgan fingerprint density at radius 2 is 1.94 bits per heavy atom. The average Bonchev–Trinajstić information content (AvgIpc) is 2.42. The van der Waals surface area contributed by atoms with Crippen molar-refractivity contribution < 1.29 is 4.74 Å². The fourth-order valence-electron chi connectivity index (χ4n) is 2.43. The van der Waals surface area contributed by atoms with Crippen LogP contribution >= 0.6 is 0 Å². The zero-order valence-corrected chi connectivity index (χ0v) is 10.1. The summed E-state index contributed by atoms with van der Waals surface area (Å²) in [4.78, 5) is 11.1. The number of aromatic nitrogens is 1. The van der Waals surface area contributed by atoms with Crippen LogP contribution in [0.25, 0.3) is 0 Å². The third kappa shape index (κ3) is 2.16. The van der Waals surface area contributed by atoms with E-state index < -0.39 is 0 Å². The van der Waals surface area contributed by atoms with Gasteiger partial charge in [0.2, 0.25) is 0 Å². The minimum atomic E-state index is 0.0543. The van der Waals surface area contributed by atoms with Crippen molar-refractivity contribution in [3.63, 3.8) is 0 Å². The topological polar surface area (TPSA) is 31.2 Å². The molecule has 0 saturated carbocycles. The molecule has 0 N–H and O–H groups in total. The Bertz CT molecular complexity index is 583. The van der Waals surface area contributed by atoms with Crippen LogP contribution in [0.15, 0.2) is 53.6 Å². The summed E-state index contributed by atoms with van der Waals surface area (Å²) in [7, 11) is 0. The molecule has 0 aliphatic carbocycles. The summed E-state index contributed by atoms with van der Waals surface area (Å²) in [6, 6.07) is 11.4. The van der Waals surface area contributed by atoms with E-state index in [0.29, 0.717) is 5.92 Å². The normalized spacial score (nSPS) is 17.9. The van der Waals surface area contributed by atoms with E-state index in [1.54, 1.807) is 12.1 Å². The maximum absolute atomic E-state index is 11.1. The van der Waals surface area contributed by atoms with Crippen molar-refractivity contribution in [1.29, 1.82) is 0 Å². The Hall–Kier alpha value is -2.03. The van der Waals surface area contributed by atoms with Crippen LogP contribution in [0.1, 0.15) is 17.9 Å². The van der Waals surface area contributed by atoms with Gasteiger partial charge in [0.15, 0.2) is 5.43 Å². The van der Waals surface area contributed by atoms with E-state index in [-0.39, 0.29) is 5.43 Å². The van der Waals surface area contributed by atoms with Crippen molar-refractivity contribution in [3.8, 4) is 5.75 Å². The molecule has 3 heteroatoms. The number of ether oxygens (including phenoxy) is 1. The van der Waals surface area contributed by atoms with Crippen LogP contribution in [-0.2, 0) is 6.54 Å². The predicted molar refractivity (Wildman–Crippen MR) is 70.0 cm³/mol. The summed E-state index contributed by atoms with van der Waals surface area (Å²) in [5.74, 6) is 1.45. The van der Waals surface area contributed by atoms with Crippen LogP contribution in [0.5, 0.6) is 5.75 Å². The first-order chi connectivity index (χ1) is 8.83. The molecule has 1 aromatic carbocycles. The summed E-state index contributed by atoms with van der Waals surface area (Å²) >= 11 is 0. The summed E-state index contributed by atoms with van der Waals surface area (Å²) < 4.78 is 7.71. The van der Waals surface area contributed by atoms with E-state index in [4.69, 9.17) is 4.74 Å². The van der Waals surface area contributed by atoms with Gasteiger partial charge in [-0.15, -0.1) is 0 Å². The molecule has 1 unspecified atom stereocenters. The van der Waals surface area contributed by atoms with Crippen LogP contribution in [-0.4, -0.2) is 11.2 Å². The van der Waals surface area contributed by atoms with Crippen LogP contribution in [0.4, 0.5) is 0 Å². The molecule has 1 aromatic heterocycles. The maximum Gasteiger partial charge on any atom is 0.181 e. The maximum atomic E-state index is 11.1. The molecule has 18 heavy (non-hydrogen) atoms. The molecule has 0 spiro atoms. The first-order valence-electron chi connectivity index (χ1n) is 6.21. The zero-order valence-electron chi connectivity index (χ0n) is 10.1. The highest BCUT2D eigenvalue weighted by Crippen LogP contribution is 2.34. The van der Waals surface area contributed by atoms with Gasteiger partial charge in [-0.25, -0.2) is 0 Å². The first-order valence-corrected chi connectivity index (χ1v) is 6.21. The first kappa shape index (κ1) is 11.1. The number of rotatable bonds is 2. The van der Waals surface area contributed by atoms with Crippen LogP contribution < -0.4 is 10.2 Å². The molecular weight excluding hydrogens is 226 g/mol. The van der Waals surface area contributed by atoms with Gasteiger partial charge in [0.1, 0.15) is 5.75 Å². The lowest BCUT2D eigenvalue weighted by Gasteiger charge is -2.26. The Morgan fingerprint density at radius 3 is 2.78 bits per heavy atom. The lowest BCUT2D eigenvalue weighted by molar-refractivity contribution is 0.259. The molecule has 0 bridgehead atoms. The molecule has 92 valence electrons. The average molecular weight is 241 g/mol. The van der Waals surface area contributed by atoms with Crippen molar-refractivity contribution in [2.45, 2.75) is 18.9 Å². The largest absolute Gasteiger partial charge is 0.493 e. The Kier molecular flexibility index (Phi) is 2.89. The number of para-hydroxylation sites is 1. The molecule has 3 rings (SSSR count). The SMILES string of the molecule is O=c1ccn(CC2CCOc3ccccc32)cc1. The molecule has 3 nitrogen and oxygen atoms in total. The van der Waals surface area contributed by atoms with Gasteiger partial charge in [0.25, 0.3) is 0 Å². The van der Waals surface area contributed by atoms with E-state index in [0.717, 1.165) is 25.3 Å². The van der Waals surface area contributed by atoms with Gasteiger partial charge in [0, 0.05) is 37.0 Å². The molecule has 0 amide bonds. The Labute approximate surface area is 106 Å². The highest BCUT2D eigenvalue weighted by molar-refractivity contribution is 5.37. The van der Waals surface area contributed by atoms with Crippen LogP contribution in [0, 0.1) is 0 Å². The minimum Gasteiger partial charge on any atom is -0.493 e. The Morgan fingerprint density at radius 1 is 1.17 bits per heavy atom. The van der Waals surface area contributed by atoms with Gasteiger partial charge < -0.3 is 9.30 Å². The van der Waals surface area contributed by atoms with E-state index in [1.165, 1.54) is 5.56 Å². The molecule has 0 radical (unpaired) electrons. The highest BCUT2D eigenvalue weighted by atomic mass is 16.5. The number of hydrogen-bond donors (Lipinski definition) is 0. The van der Waals surface area contributed by atoms with E-state index in [1.807, 2.05) is 30.6 Å². The molecule has 2 aromatic rings. The molecule has 1 atom stereocenters. The lowest BCUT2D eigenvalue weighted by atomic mass is 9.93. The van der Waals surface area contributed by atoms with Crippen LogP contribution in [0.3, 0.4) is 0 Å². The number of pyridine rings is 1. The molecule has 0 saturated heterocycles. The van der Waals surface area contributed by atoms with E-state index >= 15 is 0 Å². The van der Waals surface area contributed by atoms with Crippen molar-refractivity contribution in [2.75, 3.05) is 6.61 Å². The van der Waals surface area contributed by atoms with E-state index in [9.17, 15) is 4.79 Å².